The lowest BCUT2D eigenvalue weighted by atomic mass is 9.85. The quantitative estimate of drug-likeness (QED) is 0.903. The number of hydrogen-bond acceptors (Lipinski definition) is 3. The summed E-state index contributed by atoms with van der Waals surface area (Å²) in [4.78, 5) is 8.77. The molecule has 2 N–H and O–H groups in total. The number of hydrogen-bond donors (Lipinski definition) is 1. The summed E-state index contributed by atoms with van der Waals surface area (Å²) in [6.07, 6.45) is 1.78. The van der Waals surface area contributed by atoms with E-state index in [2.05, 4.69) is 55.9 Å². The molecule has 1 heterocycles. The highest BCUT2D eigenvalue weighted by Gasteiger charge is 2.15. The maximum atomic E-state index is 5.85. The summed E-state index contributed by atoms with van der Waals surface area (Å²) in [5.41, 5.74) is 10.7. The molecule has 0 aliphatic carbocycles. The summed E-state index contributed by atoms with van der Waals surface area (Å²) >= 11 is 0. The standard InChI is InChI=1S/C17H23N3/c1-11-10-13(17(3,4)5)6-7-14(11)15-8-9-19-16(20-15)12(2)18/h6-10,12H,18H2,1-5H3. The Morgan fingerprint density at radius 1 is 1.15 bits per heavy atom. The number of rotatable bonds is 2. The van der Waals surface area contributed by atoms with E-state index >= 15 is 0 Å². The van der Waals surface area contributed by atoms with Crippen molar-refractivity contribution in [3.63, 3.8) is 0 Å². The lowest BCUT2D eigenvalue weighted by Crippen LogP contribution is -2.12. The van der Waals surface area contributed by atoms with Crippen molar-refractivity contribution in [2.75, 3.05) is 0 Å². The predicted octanol–water partition coefficient (Wildman–Crippen LogP) is 3.77. The molecule has 0 saturated heterocycles. The average Bonchev–Trinajstić information content (AvgIpc) is 2.37. The minimum atomic E-state index is -0.149. The van der Waals surface area contributed by atoms with Gasteiger partial charge in [0.05, 0.1) is 11.7 Å². The van der Waals surface area contributed by atoms with E-state index < -0.39 is 0 Å². The van der Waals surface area contributed by atoms with E-state index in [1.54, 1.807) is 6.20 Å². The Morgan fingerprint density at radius 2 is 1.85 bits per heavy atom. The molecule has 1 unspecified atom stereocenters. The fourth-order valence-corrected chi connectivity index (χ4v) is 2.16. The van der Waals surface area contributed by atoms with E-state index in [-0.39, 0.29) is 11.5 Å². The first-order chi connectivity index (χ1) is 9.29. The second-order valence-corrected chi connectivity index (χ2v) is 6.37. The molecule has 3 nitrogen and oxygen atoms in total. The molecule has 0 fully saturated rings. The summed E-state index contributed by atoms with van der Waals surface area (Å²) in [5.74, 6) is 0.682. The average molecular weight is 269 g/mol. The van der Waals surface area contributed by atoms with Crippen LogP contribution in [0.2, 0.25) is 0 Å². The third kappa shape index (κ3) is 3.05. The Kier molecular flexibility index (Phi) is 3.91. The van der Waals surface area contributed by atoms with Crippen molar-refractivity contribution < 1.29 is 0 Å². The molecule has 0 bridgehead atoms. The van der Waals surface area contributed by atoms with Crippen LogP contribution in [0, 0.1) is 6.92 Å². The minimum absolute atomic E-state index is 0.149. The van der Waals surface area contributed by atoms with Gasteiger partial charge in [-0.15, -0.1) is 0 Å². The maximum Gasteiger partial charge on any atom is 0.145 e. The number of nitrogens with zero attached hydrogens (tertiary/aromatic N) is 2. The molecule has 0 aliphatic heterocycles. The fraction of sp³-hybridized carbons (Fsp3) is 0.412. The molecular weight excluding hydrogens is 246 g/mol. The van der Waals surface area contributed by atoms with Gasteiger partial charge in [0.1, 0.15) is 5.82 Å². The van der Waals surface area contributed by atoms with E-state index in [4.69, 9.17) is 5.73 Å². The SMILES string of the molecule is Cc1cc(C(C)(C)C)ccc1-c1ccnc(C(C)N)n1. The van der Waals surface area contributed by atoms with Crippen molar-refractivity contribution in [2.24, 2.45) is 5.73 Å². The molecule has 1 aromatic carbocycles. The van der Waals surface area contributed by atoms with Crippen molar-refractivity contribution in [3.8, 4) is 11.3 Å². The van der Waals surface area contributed by atoms with E-state index in [9.17, 15) is 0 Å². The topological polar surface area (TPSA) is 51.8 Å². The van der Waals surface area contributed by atoms with Crippen LogP contribution >= 0.6 is 0 Å². The Balaban J connectivity index is 2.46. The van der Waals surface area contributed by atoms with Crippen molar-refractivity contribution in [3.05, 3.63) is 47.4 Å². The van der Waals surface area contributed by atoms with Crippen LogP contribution in [-0.2, 0) is 5.41 Å². The molecule has 2 rings (SSSR count). The van der Waals surface area contributed by atoms with Crippen LogP contribution < -0.4 is 5.73 Å². The summed E-state index contributed by atoms with van der Waals surface area (Å²) in [5, 5.41) is 0. The molecule has 1 atom stereocenters. The van der Waals surface area contributed by atoms with Crippen molar-refractivity contribution >= 4 is 0 Å². The number of benzene rings is 1. The molecule has 0 saturated carbocycles. The summed E-state index contributed by atoms with van der Waals surface area (Å²) < 4.78 is 0. The Morgan fingerprint density at radius 3 is 2.40 bits per heavy atom. The van der Waals surface area contributed by atoms with Gasteiger partial charge in [0.15, 0.2) is 0 Å². The first-order valence-corrected chi connectivity index (χ1v) is 6.99. The molecule has 2 aromatic rings. The van der Waals surface area contributed by atoms with Crippen LogP contribution in [0.5, 0.6) is 0 Å². The first-order valence-electron chi connectivity index (χ1n) is 6.99. The second-order valence-electron chi connectivity index (χ2n) is 6.37. The van der Waals surface area contributed by atoms with Crippen molar-refractivity contribution in [2.45, 2.75) is 46.1 Å². The van der Waals surface area contributed by atoms with Crippen LogP contribution in [0.4, 0.5) is 0 Å². The van der Waals surface area contributed by atoms with E-state index in [0.717, 1.165) is 11.3 Å². The highest BCUT2D eigenvalue weighted by molar-refractivity contribution is 5.64. The zero-order valence-electron chi connectivity index (χ0n) is 12.9. The molecule has 0 aliphatic rings. The van der Waals surface area contributed by atoms with Crippen LogP contribution in [-0.4, -0.2) is 9.97 Å². The van der Waals surface area contributed by atoms with E-state index in [0.29, 0.717) is 5.82 Å². The van der Waals surface area contributed by atoms with Gasteiger partial charge in [-0.05, 0) is 36.5 Å². The number of aryl methyl sites for hydroxylation is 1. The largest absolute Gasteiger partial charge is 0.322 e. The zero-order valence-corrected chi connectivity index (χ0v) is 12.9. The van der Waals surface area contributed by atoms with Gasteiger partial charge in [-0.25, -0.2) is 9.97 Å². The lowest BCUT2D eigenvalue weighted by molar-refractivity contribution is 0.590. The first kappa shape index (κ1) is 14.7. The van der Waals surface area contributed by atoms with Crippen LogP contribution in [0.25, 0.3) is 11.3 Å². The fourth-order valence-electron chi connectivity index (χ4n) is 2.16. The Hall–Kier alpha value is -1.74. The smallest absolute Gasteiger partial charge is 0.145 e. The highest BCUT2D eigenvalue weighted by Crippen LogP contribution is 2.28. The zero-order chi connectivity index (χ0) is 14.9. The molecule has 20 heavy (non-hydrogen) atoms. The number of aromatic nitrogens is 2. The molecule has 0 amide bonds. The molecule has 1 aromatic heterocycles. The Bertz CT molecular complexity index is 610. The van der Waals surface area contributed by atoms with Gasteiger partial charge >= 0.3 is 0 Å². The second kappa shape index (κ2) is 5.33. The monoisotopic (exact) mass is 269 g/mol. The third-order valence-electron chi connectivity index (χ3n) is 3.45. The van der Waals surface area contributed by atoms with Gasteiger partial charge in [0, 0.05) is 11.8 Å². The summed E-state index contributed by atoms with van der Waals surface area (Å²) in [7, 11) is 0. The van der Waals surface area contributed by atoms with Gasteiger partial charge in [0.2, 0.25) is 0 Å². The van der Waals surface area contributed by atoms with E-state index in [1.807, 2.05) is 13.0 Å². The van der Waals surface area contributed by atoms with Gasteiger partial charge in [-0.2, -0.15) is 0 Å². The highest BCUT2D eigenvalue weighted by atomic mass is 14.9. The van der Waals surface area contributed by atoms with Gasteiger partial charge < -0.3 is 5.73 Å². The normalized spacial score (nSPS) is 13.3. The maximum absolute atomic E-state index is 5.85. The minimum Gasteiger partial charge on any atom is -0.322 e. The third-order valence-corrected chi connectivity index (χ3v) is 3.45. The van der Waals surface area contributed by atoms with Crippen molar-refractivity contribution in [1.29, 1.82) is 0 Å². The van der Waals surface area contributed by atoms with Crippen molar-refractivity contribution in [1.82, 2.24) is 9.97 Å². The van der Waals surface area contributed by atoms with Crippen LogP contribution in [0.3, 0.4) is 0 Å². The molecular formula is C17H23N3. The summed E-state index contributed by atoms with van der Waals surface area (Å²) in [6.45, 7) is 10.7. The van der Waals surface area contributed by atoms with Gasteiger partial charge in [-0.3, -0.25) is 0 Å². The predicted molar refractivity (Wildman–Crippen MR) is 83.5 cm³/mol. The van der Waals surface area contributed by atoms with Gasteiger partial charge in [-0.1, -0.05) is 39.0 Å². The summed E-state index contributed by atoms with van der Waals surface area (Å²) in [6, 6.07) is 8.34. The Labute approximate surface area is 121 Å². The van der Waals surface area contributed by atoms with Crippen LogP contribution in [0.1, 0.15) is 50.7 Å². The lowest BCUT2D eigenvalue weighted by Gasteiger charge is -2.20. The molecule has 106 valence electrons. The van der Waals surface area contributed by atoms with E-state index in [1.165, 1.54) is 11.1 Å². The van der Waals surface area contributed by atoms with Crippen LogP contribution in [0.15, 0.2) is 30.5 Å². The molecule has 0 spiro atoms. The number of nitrogens with two attached hydrogens (primary N) is 1. The molecule has 0 radical (unpaired) electrons. The molecule has 3 heteroatoms. The van der Waals surface area contributed by atoms with Gasteiger partial charge in [0.25, 0.3) is 0 Å².